The SMILES string of the molecule is CCOP(=O)(OCC)C(SC#N)c1ccc(C)cc1. The van der Waals surface area contributed by atoms with E-state index in [1.165, 1.54) is 0 Å². The average molecular weight is 299 g/mol. The zero-order valence-corrected chi connectivity index (χ0v) is 13.0. The lowest BCUT2D eigenvalue weighted by Gasteiger charge is -2.24. The predicted octanol–water partition coefficient (Wildman–Crippen LogP) is 4.47. The lowest BCUT2D eigenvalue weighted by atomic mass is 10.2. The quantitative estimate of drug-likeness (QED) is 0.549. The second kappa shape index (κ2) is 7.72. The van der Waals surface area contributed by atoms with Crippen molar-refractivity contribution in [1.82, 2.24) is 0 Å². The first kappa shape index (κ1) is 16.3. The average Bonchev–Trinajstić information content (AvgIpc) is 2.38. The molecule has 0 saturated heterocycles. The van der Waals surface area contributed by atoms with E-state index in [9.17, 15) is 4.57 Å². The molecule has 0 aliphatic carbocycles. The molecule has 0 aliphatic rings. The van der Waals surface area contributed by atoms with Crippen molar-refractivity contribution in [3.8, 4) is 5.40 Å². The summed E-state index contributed by atoms with van der Waals surface area (Å²) < 4.78 is 23.4. The minimum atomic E-state index is -3.34. The van der Waals surface area contributed by atoms with Crippen molar-refractivity contribution >= 4 is 19.4 Å². The van der Waals surface area contributed by atoms with Crippen molar-refractivity contribution in [2.75, 3.05) is 13.2 Å². The highest BCUT2D eigenvalue weighted by Crippen LogP contribution is 2.65. The molecule has 0 fully saturated rings. The monoisotopic (exact) mass is 299 g/mol. The van der Waals surface area contributed by atoms with Gasteiger partial charge in [0.2, 0.25) is 0 Å². The summed E-state index contributed by atoms with van der Waals surface area (Å²) >= 11 is 0.915. The van der Waals surface area contributed by atoms with Gasteiger partial charge in [-0.2, -0.15) is 5.26 Å². The van der Waals surface area contributed by atoms with Crippen LogP contribution in [0.2, 0.25) is 0 Å². The van der Waals surface area contributed by atoms with Gasteiger partial charge >= 0.3 is 7.60 Å². The molecule has 1 rings (SSSR count). The van der Waals surface area contributed by atoms with Gasteiger partial charge in [0.05, 0.1) is 13.2 Å². The maximum Gasteiger partial charge on any atom is 0.349 e. The number of hydrogen-bond donors (Lipinski definition) is 0. The number of aryl methyl sites for hydroxylation is 1. The van der Waals surface area contributed by atoms with Crippen LogP contribution in [-0.2, 0) is 13.6 Å². The molecule has 6 heteroatoms. The third kappa shape index (κ3) is 4.36. The van der Waals surface area contributed by atoms with E-state index in [2.05, 4.69) is 0 Å². The second-order valence-electron chi connectivity index (χ2n) is 3.85. The van der Waals surface area contributed by atoms with Crippen molar-refractivity contribution in [2.45, 2.75) is 25.8 Å². The van der Waals surface area contributed by atoms with Crippen molar-refractivity contribution < 1.29 is 13.6 Å². The first-order valence-corrected chi connectivity index (χ1v) is 8.56. The Morgan fingerprint density at radius 1 is 1.26 bits per heavy atom. The highest BCUT2D eigenvalue weighted by atomic mass is 32.2. The summed E-state index contributed by atoms with van der Waals surface area (Å²) in [5, 5.41) is 10.9. The molecule has 0 radical (unpaired) electrons. The van der Waals surface area contributed by atoms with Gasteiger partial charge in [0, 0.05) is 0 Å². The number of nitriles is 1. The molecule has 0 heterocycles. The van der Waals surface area contributed by atoms with Gasteiger partial charge in [0.15, 0.2) is 0 Å². The van der Waals surface area contributed by atoms with Gasteiger partial charge in [0.25, 0.3) is 0 Å². The van der Waals surface area contributed by atoms with E-state index < -0.39 is 12.6 Å². The van der Waals surface area contributed by atoms with Crippen LogP contribution in [0, 0.1) is 17.6 Å². The fraction of sp³-hybridized carbons (Fsp3) is 0.462. The maximum atomic E-state index is 12.8. The maximum absolute atomic E-state index is 12.8. The van der Waals surface area contributed by atoms with E-state index in [1.807, 2.05) is 36.6 Å². The highest BCUT2D eigenvalue weighted by Gasteiger charge is 2.37. The third-order valence-corrected chi connectivity index (χ3v) is 6.23. The molecule has 0 aromatic heterocycles. The van der Waals surface area contributed by atoms with Crippen LogP contribution in [0.3, 0.4) is 0 Å². The van der Waals surface area contributed by atoms with Crippen LogP contribution in [0.15, 0.2) is 24.3 Å². The van der Waals surface area contributed by atoms with Gasteiger partial charge in [-0.1, -0.05) is 29.8 Å². The van der Waals surface area contributed by atoms with Crippen LogP contribution in [-0.4, -0.2) is 13.2 Å². The number of benzene rings is 1. The lowest BCUT2D eigenvalue weighted by Crippen LogP contribution is -2.04. The van der Waals surface area contributed by atoms with Crippen LogP contribution < -0.4 is 0 Å². The van der Waals surface area contributed by atoms with Gasteiger partial charge in [-0.25, -0.2) is 0 Å². The molecular weight excluding hydrogens is 281 g/mol. The summed E-state index contributed by atoms with van der Waals surface area (Å²) in [7, 11) is -3.34. The Balaban J connectivity index is 3.13. The van der Waals surface area contributed by atoms with Crippen LogP contribution in [0.5, 0.6) is 0 Å². The largest absolute Gasteiger partial charge is 0.349 e. The van der Waals surface area contributed by atoms with Crippen LogP contribution in [0.4, 0.5) is 0 Å². The highest BCUT2D eigenvalue weighted by molar-refractivity contribution is 8.08. The van der Waals surface area contributed by atoms with Crippen molar-refractivity contribution in [3.05, 3.63) is 35.4 Å². The Hall–Kier alpha value is -0.790. The van der Waals surface area contributed by atoms with E-state index >= 15 is 0 Å². The van der Waals surface area contributed by atoms with Crippen molar-refractivity contribution in [1.29, 1.82) is 5.26 Å². The molecule has 0 bridgehead atoms. The van der Waals surface area contributed by atoms with Gasteiger partial charge in [-0.3, -0.25) is 4.57 Å². The summed E-state index contributed by atoms with van der Waals surface area (Å²) in [5.41, 5.74) is 1.88. The minimum Gasteiger partial charge on any atom is -0.308 e. The number of thiocyanates is 1. The molecule has 0 aliphatic heterocycles. The zero-order chi connectivity index (χ0) is 14.3. The second-order valence-corrected chi connectivity index (χ2v) is 7.20. The van der Waals surface area contributed by atoms with E-state index in [-0.39, 0.29) is 13.2 Å². The van der Waals surface area contributed by atoms with Gasteiger partial charge in [-0.15, -0.1) is 0 Å². The molecular formula is C13H18NO3PS. The molecule has 1 aromatic carbocycles. The Bertz CT molecular complexity index is 474. The molecule has 1 unspecified atom stereocenters. The summed E-state index contributed by atoms with van der Waals surface area (Å²) in [4.78, 5) is -0.613. The van der Waals surface area contributed by atoms with Crippen molar-refractivity contribution in [3.63, 3.8) is 0 Å². The number of rotatable bonds is 7. The van der Waals surface area contributed by atoms with Gasteiger partial charge in [-0.05, 0) is 38.1 Å². The van der Waals surface area contributed by atoms with E-state index in [0.29, 0.717) is 0 Å². The Morgan fingerprint density at radius 2 is 1.79 bits per heavy atom. The van der Waals surface area contributed by atoms with E-state index in [0.717, 1.165) is 22.9 Å². The molecule has 1 atom stereocenters. The first-order valence-electron chi connectivity index (χ1n) is 6.07. The zero-order valence-electron chi connectivity index (χ0n) is 11.3. The summed E-state index contributed by atoms with van der Waals surface area (Å²) in [6.45, 7) is 6.06. The normalized spacial score (nSPS) is 12.9. The predicted molar refractivity (Wildman–Crippen MR) is 78.0 cm³/mol. The Morgan fingerprint density at radius 3 is 2.21 bits per heavy atom. The van der Waals surface area contributed by atoms with E-state index in [1.54, 1.807) is 13.8 Å². The summed E-state index contributed by atoms with van der Waals surface area (Å²) in [6, 6.07) is 7.55. The molecule has 0 amide bonds. The summed E-state index contributed by atoms with van der Waals surface area (Å²) in [6.07, 6.45) is 0. The Labute approximate surface area is 118 Å². The first-order chi connectivity index (χ1) is 9.07. The lowest BCUT2D eigenvalue weighted by molar-refractivity contribution is 0.218. The molecule has 19 heavy (non-hydrogen) atoms. The molecule has 1 aromatic rings. The summed E-state index contributed by atoms with van der Waals surface area (Å²) in [5.74, 6) is 0. The van der Waals surface area contributed by atoms with Crippen LogP contribution in [0.25, 0.3) is 0 Å². The van der Waals surface area contributed by atoms with E-state index in [4.69, 9.17) is 14.3 Å². The van der Waals surface area contributed by atoms with Crippen molar-refractivity contribution in [2.24, 2.45) is 0 Å². The fourth-order valence-corrected chi connectivity index (χ4v) is 4.65. The third-order valence-electron chi connectivity index (χ3n) is 2.43. The smallest absolute Gasteiger partial charge is 0.308 e. The van der Waals surface area contributed by atoms with Gasteiger partial charge < -0.3 is 9.05 Å². The molecule has 104 valence electrons. The number of thioether (sulfide) groups is 1. The molecule has 0 saturated carbocycles. The molecule has 4 nitrogen and oxygen atoms in total. The topological polar surface area (TPSA) is 59.3 Å². The standard InChI is InChI=1S/C13H18NO3PS/c1-4-16-18(15,17-5-2)13(19-10-14)12-8-6-11(3)7-9-12/h6-9,13H,4-5H2,1-3H3. The Kier molecular flexibility index (Phi) is 6.60. The fourth-order valence-electron chi connectivity index (χ4n) is 1.63. The number of hydrogen-bond acceptors (Lipinski definition) is 5. The molecule has 0 spiro atoms. The van der Waals surface area contributed by atoms with Crippen LogP contribution >= 0.6 is 19.4 Å². The molecule has 0 N–H and O–H groups in total. The number of nitrogens with zero attached hydrogens (tertiary/aromatic N) is 1. The minimum absolute atomic E-state index is 0.283. The van der Waals surface area contributed by atoms with Crippen LogP contribution in [0.1, 0.15) is 30.0 Å². The van der Waals surface area contributed by atoms with Gasteiger partial charge in [0.1, 0.15) is 10.4 Å².